The quantitative estimate of drug-likeness (QED) is 0.801. The summed E-state index contributed by atoms with van der Waals surface area (Å²) in [4.78, 5) is 12.8. The molecule has 0 bridgehead atoms. The molecule has 1 amide bonds. The van der Waals surface area contributed by atoms with Gasteiger partial charge in [0.2, 0.25) is 15.0 Å². The van der Waals surface area contributed by atoms with Gasteiger partial charge >= 0.3 is 0 Å². The molecule has 1 unspecified atom stereocenters. The monoisotopic (exact) mass is 309 g/mol. The molecule has 1 aliphatic rings. The molecule has 1 fully saturated rings. The largest absolute Gasteiger partial charge is 0.309 e. The van der Waals surface area contributed by atoms with Gasteiger partial charge in [-0.25, -0.2) is 17.2 Å². The topological polar surface area (TPSA) is 54.5 Å². The summed E-state index contributed by atoms with van der Waals surface area (Å²) in [6, 6.07) is 3.50. The minimum atomic E-state index is -3.73. The minimum absolute atomic E-state index is 0.00512. The predicted molar refractivity (Wildman–Crippen MR) is 66.5 cm³/mol. The molecule has 104 valence electrons. The van der Waals surface area contributed by atoms with Gasteiger partial charge in [-0.1, -0.05) is 6.07 Å². The average Bonchev–Trinajstić information content (AvgIpc) is 2.61. The van der Waals surface area contributed by atoms with Crippen LogP contribution in [0.5, 0.6) is 0 Å². The highest BCUT2D eigenvalue weighted by Crippen LogP contribution is 2.29. The number of carbonyl (C=O) groups excluding carboxylic acids is 1. The van der Waals surface area contributed by atoms with E-state index in [1.807, 2.05) is 0 Å². The lowest BCUT2D eigenvalue weighted by atomic mass is 10.1. The SMILES string of the molecule is O=C1CC(CS(=O)(=O)Cl)CN1c1cccc(F)c1F. The Balaban J connectivity index is 2.23. The van der Waals surface area contributed by atoms with Crippen molar-refractivity contribution in [3.8, 4) is 0 Å². The molecule has 0 aromatic heterocycles. The van der Waals surface area contributed by atoms with Crippen molar-refractivity contribution in [1.29, 1.82) is 0 Å². The Kier molecular flexibility index (Phi) is 3.78. The van der Waals surface area contributed by atoms with E-state index in [9.17, 15) is 22.0 Å². The van der Waals surface area contributed by atoms with E-state index in [4.69, 9.17) is 10.7 Å². The van der Waals surface area contributed by atoms with E-state index in [2.05, 4.69) is 0 Å². The van der Waals surface area contributed by atoms with Gasteiger partial charge in [-0.2, -0.15) is 0 Å². The Morgan fingerprint density at radius 1 is 1.37 bits per heavy atom. The molecule has 0 saturated carbocycles. The molecule has 1 saturated heterocycles. The van der Waals surface area contributed by atoms with Crippen LogP contribution in [-0.4, -0.2) is 26.6 Å². The number of hydrogen-bond acceptors (Lipinski definition) is 3. The van der Waals surface area contributed by atoms with E-state index in [-0.39, 0.29) is 24.4 Å². The highest BCUT2D eigenvalue weighted by atomic mass is 35.7. The van der Waals surface area contributed by atoms with Gasteiger partial charge < -0.3 is 4.90 Å². The van der Waals surface area contributed by atoms with Gasteiger partial charge in [-0.3, -0.25) is 4.79 Å². The van der Waals surface area contributed by atoms with Gasteiger partial charge in [0, 0.05) is 29.6 Å². The Morgan fingerprint density at radius 3 is 2.68 bits per heavy atom. The van der Waals surface area contributed by atoms with Crippen LogP contribution in [0.4, 0.5) is 14.5 Å². The fourth-order valence-corrected chi connectivity index (χ4v) is 3.43. The molecule has 1 heterocycles. The Labute approximate surface area is 113 Å². The number of anilines is 1. The van der Waals surface area contributed by atoms with Gasteiger partial charge in [0.05, 0.1) is 11.4 Å². The van der Waals surface area contributed by atoms with Crippen molar-refractivity contribution in [3.05, 3.63) is 29.8 Å². The summed E-state index contributed by atoms with van der Waals surface area (Å²) < 4.78 is 48.6. The van der Waals surface area contributed by atoms with Gasteiger partial charge in [-0.15, -0.1) is 0 Å². The Morgan fingerprint density at radius 2 is 2.05 bits per heavy atom. The van der Waals surface area contributed by atoms with Gasteiger partial charge in [-0.05, 0) is 12.1 Å². The molecule has 2 rings (SSSR count). The molecular weight excluding hydrogens is 300 g/mol. The highest BCUT2D eigenvalue weighted by molar-refractivity contribution is 8.13. The zero-order valence-electron chi connectivity index (χ0n) is 9.64. The summed E-state index contributed by atoms with van der Waals surface area (Å²) in [5.41, 5.74) is -0.181. The van der Waals surface area contributed by atoms with Gasteiger partial charge in [0.15, 0.2) is 11.6 Å². The molecule has 0 N–H and O–H groups in total. The smallest absolute Gasteiger partial charge is 0.232 e. The van der Waals surface area contributed by atoms with Crippen LogP contribution in [0.3, 0.4) is 0 Å². The lowest BCUT2D eigenvalue weighted by Gasteiger charge is -2.17. The Hall–Kier alpha value is -1.21. The summed E-state index contributed by atoms with van der Waals surface area (Å²) in [5.74, 6) is -3.51. The lowest BCUT2D eigenvalue weighted by Crippen LogP contribution is -2.26. The summed E-state index contributed by atoms with van der Waals surface area (Å²) in [6.07, 6.45) is -0.0537. The van der Waals surface area contributed by atoms with Crippen molar-refractivity contribution >= 4 is 31.3 Å². The third kappa shape index (κ3) is 3.22. The maximum absolute atomic E-state index is 13.6. The van der Waals surface area contributed by atoms with E-state index in [0.717, 1.165) is 11.0 Å². The van der Waals surface area contributed by atoms with E-state index in [0.29, 0.717) is 0 Å². The first-order valence-corrected chi connectivity index (χ1v) is 7.92. The van der Waals surface area contributed by atoms with Crippen LogP contribution in [0.1, 0.15) is 6.42 Å². The predicted octanol–water partition coefficient (Wildman–Crippen LogP) is 1.89. The van der Waals surface area contributed by atoms with E-state index >= 15 is 0 Å². The average molecular weight is 310 g/mol. The van der Waals surface area contributed by atoms with Crippen LogP contribution in [-0.2, 0) is 13.8 Å². The standard InChI is InChI=1S/C11H10ClF2NO3S/c12-19(17,18)6-7-4-10(16)15(5-7)9-3-1-2-8(13)11(9)14/h1-3,7H,4-6H2. The molecule has 1 aromatic carbocycles. The molecule has 0 radical (unpaired) electrons. The molecule has 19 heavy (non-hydrogen) atoms. The fraction of sp³-hybridized carbons (Fsp3) is 0.364. The number of benzene rings is 1. The first kappa shape index (κ1) is 14.2. The summed E-state index contributed by atoms with van der Waals surface area (Å²) >= 11 is 0. The third-order valence-corrected chi connectivity index (χ3v) is 4.11. The van der Waals surface area contributed by atoms with Gasteiger partial charge in [0.25, 0.3) is 0 Å². The number of amides is 1. The van der Waals surface area contributed by atoms with Crippen molar-refractivity contribution in [2.45, 2.75) is 6.42 Å². The number of hydrogen-bond donors (Lipinski definition) is 0. The van der Waals surface area contributed by atoms with Crippen molar-refractivity contribution in [2.24, 2.45) is 5.92 Å². The third-order valence-electron chi connectivity index (χ3n) is 2.86. The molecule has 8 heteroatoms. The molecule has 1 atom stereocenters. The number of rotatable bonds is 3. The highest BCUT2D eigenvalue weighted by Gasteiger charge is 2.34. The van der Waals surface area contributed by atoms with Crippen LogP contribution in [0.15, 0.2) is 18.2 Å². The van der Waals surface area contributed by atoms with Gasteiger partial charge in [0.1, 0.15) is 0 Å². The van der Waals surface area contributed by atoms with Crippen LogP contribution in [0.2, 0.25) is 0 Å². The summed E-state index contributed by atoms with van der Waals surface area (Å²) in [6.45, 7) is 0.00512. The molecule has 0 spiro atoms. The van der Waals surface area contributed by atoms with E-state index in [1.54, 1.807) is 0 Å². The minimum Gasteiger partial charge on any atom is -0.309 e. The second-order valence-corrected chi connectivity index (χ2v) is 7.17. The zero-order valence-corrected chi connectivity index (χ0v) is 11.2. The van der Waals surface area contributed by atoms with Crippen molar-refractivity contribution in [1.82, 2.24) is 0 Å². The van der Waals surface area contributed by atoms with E-state index < -0.39 is 32.5 Å². The van der Waals surface area contributed by atoms with Crippen LogP contribution in [0.25, 0.3) is 0 Å². The zero-order chi connectivity index (χ0) is 14.2. The first-order chi connectivity index (χ1) is 8.78. The molecule has 0 aliphatic carbocycles. The van der Waals surface area contributed by atoms with Crippen LogP contribution >= 0.6 is 10.7 Å². The van der Waals surface area contributed by atoms with Crippen molar-refractivity contribution in [3.63, 3.8) is 0 Å². The maximum atomic E-state index is 13.6. The number of nitrogens with zero attached hydrogens (tertiary/aromatic N) is 1. The number of carbonyl (C=O) groups is 1. The maximum Gasteiger partial charge on any atom is 0.232 e. The molecule has 1 aliphatic heterocycles. The van der Waals surface area contributed by atoms with Crippen LogP contribution in [0, 0.1) is 17.6 Å². The summed E-state index contributed by atoms with van der Waals surface area (Å²) in [5, 5.41) is 0. The van der Waals surface area contributed by atoms with Crippen molar-refractivity contribution < 1.29 is 22.0 Å². The molecule has 4 nitrogen and oxygen atoms in total. The second kappa shape index (κ2) is 5.05. The lowest BCUT2D eigenvalue weighted by molar-refractivity contribution is -0.117. The van der Waals surface area contributed by atoms with E-state index in [1.165, 1.54) is 12.1 Å². The van der Waals surface area contributed by atoms with Crippen LogP contribution < -0.4 is 4.90 Å². The van der Waals surface area contributed by atoms with Crippen molar-refractivity contribution in [2.75, 3.05) is 17.2 Å². The normalized spacial score (nSPS) is 20.1. The molecular formula is C11H10ClF2NO3S. The first-order valence-electron chi connectivity index (χ1n) is 5.44. The second-order valence-electron chi connectivity index (χ2n) is 4.35. The molecule has 1 aromatic rings. The fourth-order valence-electron chi connectivity index (χ4n) is 2.11. The Bertz CT molecular complexity index is 620. The number of halogens is 3. The summed E-state index contributed by atoms with van der Waals surface area (Å²) in [7, 11) is 1.39.